The Morgan fingerprint density at radius 3 is 2.93 bits per heavy atom. The number of nitrogens with zero attached hydrogens (tertiary/aromatic N) is 2. The van der Waals surface area contributed by atoms with E-state index in [1.165, 1.54) is 29.8 Å². The van der Waals surface area contributed by atoms with Crippen LogP contribution < -0.4 is 21.1 Å². The average molecular weight is 430 g/mol. The van der Waals surface area contributed by atoms with E-state index in [4.69, 9.17) is 10.5 Å². The molecule has 1 aliphatic rings. The number of rotatable bonds is 6. The Hall–Kier alpha value is -2.78. The standard InChI is InChI=1S/C21H24FN5O2S/c1-11-17-20(25-10-26-21(17)30-18(11)19(23)28)27-15-7-6-12(22)8-16(15)29-14-5-3-4-13(9-14)24-2/h6-8,10,13-14,24H,3-5,9H2,1-2H3,(H2,23,28)(H,25,26,27). The number of thiophene rings is 1. The lowest BCUT2D eigenvalue weighted by atomic mass is 9.93. The lowest BCUT2D eigenvalue weighted by molar-refractivity contribution is 0.100. The summed E-state index contributed by atoms with van der Waals surface area (Å²) >= 11 is 1.23. The quantitative estimate of drug-likeness (QED) is 0.549. The van der Waals surface area contributed by atoms with Gasteiger partial charge in [0.25, 0.3) is 5.91 Å². The second kappa shape index (κ2) is 8.53. The zero-order valence-electron chi connectivity index (χ0n) is 16.9. The summed E-state index contributed by atoms with van der Waals surface area (Å²) in [6.45, 7) is 1.81. The van der Waals surface area contributed by atoms with Gasteiger partial charge < -0.3 is 21.1 Å². The molecule has 9 heteroatoms. The van der Waals surface area contributed by atoms with E-state index in [1.54, 1.807) is 6.07 Å². The minimum Gasteiger partial charge on any atom is -0.488 e. The molecule has 30 heavy (non-hydrogen) atoms. The van der Waals surface area contributed by atoms with Gasteiger partial charge in [0.15, 0.2) is 0 Å². The van der Waals surface area contributed by atoms with Gasteiger partial charge in [0.05, 0.1) is 16.0 Å². The summed E-state index contributed by atoms with van der Waals surface area (Å²) < 4.78 is 20.2. The third-order valence-electron chi connectivity index (χ3n) is 5.48. The summed E-state index contributed by atoms with van der Waals surface area (Å²) in [6, 6.07) is 4.79. The molecular formula is C21H24FN5O2S. The van der Waals surface area contributed by atoms with Crippen LogP contribution in [0.4, 0.5) is 15.9 Å². The zero-order chi connectivity index (χ0) is 21.3. The average Bonchev–Trinajstić information content (AvgIpc) is 3.08. The van der Waals surface area contributed by atoms with Gasteiger partial charge in [0, 0.05) is 12.1 Å². The van der Waals surface area contributed by atoms with Crippen molar-refractivity contribution in [3.63, 3.8) is 0 Å². The van der Waals surface area contributed by atoms with Gasteiger partial charge in [-0.2, -0.15) is 0 Å². The highest BCUT2D eigenvalue weighted by Gasteiger charge is 2.24. The summed E-state index contributed by atoms with van der Waals surface area (Å²) in [6.07, 6.45) is 5.41. The van der Waals surface area contributed by atoms with Crippen LogP contribution in [0.3, 0.4) is 0 Å². The number of benzene rings is 1. The highest BCUT2D eigenvalue weighted by atomic mass is 32.1. The number of nitrogens with one attached hydrogen (secondary N) is 2. The van der Waals surface area contributed by atoms with Crippen molar-refractivity contribution in [3.05, 3.63) is 40.8 Å². The van der Waals surface area contributed by atoms with Crippen molar-refractivity contribution in [1.29, 1.82) is 0 Å². The van der Waals surface area contributed by atoms with E-state index in [0.29, 0.717) is 33.0 Å². The molecule has 2 atom stereocenters. The Balaban J connectivity index is 1.66. The number of fused-ring (bicyclic) bond motifs is 1. The highest BCUT2D eigenvalue weighted by molar-refractivity contribution is 7.20. The number of halogens is 1. The number of nitrogens with two attached hydrogens (primary N) is 1. The van der Waals surface area contributed by atoms with Crippen molar-refractivity contribution in [2.75, 3.05) is 12.4 Å². The minimum atomic E-state index is -0.497. The number of hydrogen-bond acceptors (Lipinski definition) is 7. The fraction of sp³-hybridized carbons (Fsp3) is 0.381. The van der Waals surface area contributed by atoms with E-state index in [0.717, 1.165) is 36.6 Å². The predicted octanol–water partition coefficient (Wildman–Crippen LogP) is 3.89. The maximum atomic E-state index is 14.0. The van der Waals surface area contributed by atoms with Crippen LogP contribution in [0.2, 0.25) is 0 Å². The molecule has 1 aliphatic carbocycles. The number of anilines is 2. The summed E-state index contributed by atoms with van der Waals surface area (Å²) in [5, 5.41) is 7.27. The van der Waals surface area contributed by atoms with Gasteiger partial charge in [-0.3, -0.25) is 4.79 Å². The normalized spacial score (nSPS) is 19.0. The molecule has 2 unspecified atom stereocenters. The van der Waals surface area contributed by atoms with Crippen LogP contribution in [0.15, 0.2) is 24.5 Å². The van der Waals surface area contributed by atoms with Gasteiger partial charge >= 0.3 is 0 Å². The molecule has 0 aliphatic heterocycles. The first-order valence-electron chi connectivity index (χ1n) is 9.90. The highest BCUT2D eigenvalue weighted by Crippen LogP contribution is 2.37. The van der Waals surface area contributed by atoms with Crippen LogP contribution >= 0.6 is 11.3 Å². The molecule has 2 heterocycles. The molecule has 0 radical (unpaired) electrons. The molecular weight excluding hydrogens is 405 g/mol. The summed E-state index contributed by atoms with van der Waals surface area (Å²) in [5.74, 6) is 0.0942. The molecule has 0 spiro atoms. The van der Waals surface area contributed by atoms with Crippen molar-refractivity contribution < 1.29 is 13.9 Å². The molecule has 0 saturated heterocycles. The Kier molecular flexibility index (Phi) is 5.83. The summed E-state index contributed by atoms with van der Waals surface area (Å²) in [7, 11) is 1.95. The number of carbonyl (C=O) groups is 1. The van der Waals surface area contributed by atoms with Crippen molar-refractivity contribution in [1.82, 2.24) is 15.3 Å². The first-order valence-corrected chi connectivity index (χ1v) is 10.7. The van der Waals surface area contributed by atoms with E-state index < -0.39 is 5.91 Å². The van der Waals surface area contributed by atoms with Crippen LogP contribution in [-0.2, 0) is 0 Å². The Morgan fingerprint density at radius 1 is 1.33 bits per heavy atom. The topological polar surface area (TPSA) is 102 Å². The predicted molar refractivity (Wildman–Crippen MR) is 116 cm³/mol. The monoisotopic (exact) mass is 429 g/mol. The molecule has 4 rings (SSSR count). The summed E-state index contributed by atoms with van der Waals surface area (Å²) in [5.41, 5.74) is 6.81. The van der Waals surface area contributed by atoms with Crippen LogP contribution in [-0.4, -0.2) is 35.1 Å². The van der Waals surface area contributed by atoms with Gasteiger partial charge in [-0.05, 0) is 57.4 Å². The van der Waals surface area contributed by atoms with Crippen molar-refractivity contribution in [2.45, 2.75) is 44.8 Å². The first kappa shape index (κ1) is 20.5. The Bertz CT molecular complexity index is 1090. The van der Waals surface area contributed by atoms with Gasteiger partial charge in [0.2, 0.25) is 0 Å². The maximum absolute atomic E-state index is 14.0. The Morgan fingerprint density at radius 2 is 2.17 bits per heavy atom. The third-order valence-corrected chi connectivity index (χ3v) is 6.69. The molecule has 1 amide bonds. The molecule has 0 bridgehead atoms. The van der Waals surface area contributed by atoms with Gasteiger partial charge in [0.1, 0.15) is 34.6 Å². The molecule has 4 N–H and O–H groups in total. The van der Waals surface area contributed by atoms with E-state index in [-0.39, 0.29) is 11.9 Å². The molecule has 1 saturated carbocycles. The number of aryl methyl sites for hydroxylation is 1. The SMILES string of the molecule is CNC1CCCC(Oc2cc(F)ccc2Nc2ncnc3sc(C(N)=O)c(C)c23)C1. The largest absolute Gasteiger partial charge is 0.488 e. The van der Waals surface area contributed by atoms with E-state index in [1.807, 2.05) is 14.0 Å². The van der Waals surface area contributed by atoms with Crippen LogP contribution in [0.5, 0.6) is 5.75 Å². The number of aromatic nitrogens is 2. The second-order valence-corrected chi connectivity index (χ2v) is 8.48. The number of primary amides is 1. The van der Waals surface area contributed by atoms with Gasteiger partial charge in [-0.1, -0.05) is 0 Å². The minimum absolute atomic E-state index is 0.00770. The van der Waals surface area contributed by atoms with Gasteiger partial charge in [-0.15, -0.1) is 11.3 Å². The molecule has 1 fully saturated rings. The van der Waals surface area contributed by atoms with E-state index >= 15 is 0 Å². The van der Waals surface area contributed by atoms with Crippen molar-refractivity contribution in [2.24, 2.45) is 5.73 Å². The summed E-state index contributed by atoms with van der Waals surface area (Å²) in [4.78, 5) is 21.4. The Labute approximate surface area is 177 Å². The zero-order valence-corrected chi connectivity index (χ0v) is 17.7. The molecule has 1 aromatic carbocycles. The molecule has 3 aromatic rings. The van der Waals surface area contributed by atoms with Crippen molar-refractivity contribution >= 4 is 39.0 Å². The molecule has 158 valence electrons. The van der Waals surface area contributed by atoms with E-state index in [2.05, 4.69) is 20.6 Å². The fourth-order valence-electron chi connectivity index (χ4n) is 3.92. The van der Waals surface area contributed by atoms with Crippen LogP contribution in [0.1, 0.15) is 40.9 Å². The third kappa shape index (κ3) is 4.08. The van der Waals surface area contributed by atoms with Crippen molar-refractivity contribution in [3.8, 4) is 5.75 Å². The first-order chi connectivity index (χ1) is 14.5. The number of amides is 1. The van der Waals surface area contributed by atoms with E-state index in [9.17, 15) is 9.18 Å². The van der Waals surface area contributed by atoms with Crippen LogP contribution in [0.25, 0.3) is 10.2 Å². The maximum Gasteiger partial charge on any atom is 0.259 e. The van der Waals surface area contributed by atoms with Crippen LogP contribution in [0, 0.1) is 12.7 Å². The second-order valence-electron chi connectivity index (χ2n) is 7.48. The number of hydrogen-bond donors (Lipinski definition) is 3. The number of carbonyl (C=O) groups excluding carboxylic acids is 1. The number of ether oxygens (including phenoxy) is 1. The van der Waals surface area contributed by atoms with Gasteiger partial charge in [-0.25, -0.2) is 14.4 Å². The molecule has 2 aromatic heterocycles. The molecule has 7 nitrogen and oxygen atoms in total. The smallest absolute Gasteiger partial charge is 0.259 e. The lowest BCUT2D eigenvalue weighted by Crippen LogP contribution is -2.36. The lowest BCUT2D eigenvalue weighted by Gasteiger charge is -2.30. The fourth-order valence-corrected chi connectivity index (χ4v) is 4.92.